The van der Waals surface area contributed by atoms with E-state index in [9.17, 15) is 23.1 Å². The predicted octanol–water partition coefficient (Wildman–Crippen LogP) is 3.70. The molecule has 0 radical (unpaired) electrons. The molecule has 0 fully saturated rings. The Kier molecular flexibility index (Phi) is 12.2. The number of carbonyl (C=O) groups is 2. The Bertz CT molecular complexity index is 1410. The van der Waals surface area contributed by atoms with Crippen molar-refractivity contribution < 1.29 is 23.1 Å². The van der Waals surface area contributed by atoms with Gasteiger partial charge in [0, 0.05) is 29.0 Å². The number of rotatable bonds is 14. The number of hydrogen-bond acceptors (Lipinski definition) is 6. The van der Waals surface area contributed by atoms with E-state index in [0.717, 1.165) is 17.4 Å². The summed E-state index contributed by atoms with van der Waals surface area (Å²) >= 11 is 1.44. The van der Waals surface area contributed by atoms with Gasteiger partial charge in [0.25, 0.3) is 5.91 Å². The van der Waals surface area contributed by atoms with Crippen molar-refractivity contribution in [2.24, 2.45) is 0 Å². The highest BCUT2D eigenvalue weighted by Crippen LogP contribution is 2.18. The average Bonchev–Trinajstić information content (AvgIpc) is 2.92. The van der Waals surface area contributed by atoms with Crippen LogP contribution in [-0.4, -0.2) is 61.1 Å². The van der Waals surface area contributed by atoms with Gasteiger partial charge < -0.3 is 15.7 Å². The first-order valence-corrected chi connectivity index (χ1v) is 16.9. The number of amides is 2. The number of thioether (sulfide) groups is 1. The molecule has 0 spiro atoms. The van der Waals surface area contributed by atoms with Crippen LogP contribution in [0.25, 0.3) is 0 Å². The summed E-state index contributed by atoms with van der Waals surface area (Å²) in [6, 6.07) is 24.4. The molecular formula is C32H41N3O5S2. The van der Waals surface area contributed by atoms with Crippen molar-refractivity contribution in [2.75, 3.05) is 12.0 Å². The van der Waals surface area contributed by atoms with Crippen LogP contribution in [0.2, 0.25) is 0 Å². The number of benzene rings is 3. The van der Waals surface area contributed by atoms with Crippen LogP contribution in [0.3, 0.4) is 0 Å². The molecule has 3 rings (SSSR count). The van der Waals surface area contributed by atoms with Gasteiger partial charge in [-0.15, -0.1) is 0 Å². The van der Waals surface area contributed by atoms with E-state index in [1.165, 1.54) is 11.8 Å². The standard InChI is InChI=1S/C32H41N3O5S2/c1-32(2,3)34-30(37)26-18-12-11-17-25(26)20-29(36)27(19-23-13-7-5-8-14-23)33-31(38)28(35-42(4,39)40)22-41-21-24-15-9-6-10-16-24/h5-18,27-29,35-36H,19-22H2,1-4H3,(H,33,38)(H,34,37)/t27-,28-,29+/m0/s1. The lowest BCUT2D eigenvalue weighted by Gasteiger charge is -2.28. The monoisotopic (exact) mass is 611 g/mol. The first-order chi connectivity index (χ1) is 19.8. The Balaban J connectivity index is 1.81. The molecule has 8 nitrogen and oxygen atoms in total. The third-order valence-corrected chi connectivity index (χ3v) is 8.16. The molecule has 226 valence electrons. The summed E-state index contributed by atoms with van der Waals surface area (Å²) in [6.45, 7) is 5.69. The second-order valence-corrected chi connectivity index (χ2v) is 14.2. The molecule has 0 aliphatic heterocycles. The van der Waals surface area contributed by atoms with Gasteiger partial charge in [-0.2, -0.15) is 11.8 Å². The normalized spacial score (nSPS) is 14.0. The van der Waals surface area contributed by atoms with E-state index in [2.05, 4.69) is 15.4 Å². The summed E-state index contributed by atoms with van der Waals surface area (Å²) in [5.41, 5.74) is 2.61. The molecule has 3 aromatic carbocycles. The predicted molar refractivity (Wildman–Crippen MR) is 170 cm³/mol. The number of aliphatic hydroxyl groups is 1. The quantitative estimate of drug-likeness (QED) is 0.220. The smallest absolute Gasteiger partial charge is 0.251 e. The number of aliphatic hydroxyl groups excluding tert-OH is 1. The Morgan fingerprint density at radius 3 is 2.02 bits per heavy atom. The van der Waals surface area contributed by atoms with Gasteiger partial charge in [-0.3, -0.25) is 9.59 Å². The summed E-state index contributed by atoms with van der Waals surface area (Å²) in [4.78, 5) is 26.5. The van der Waals surface area contributed by atoms with E-state index in [-0.39, 0.29) is 18.1 Å². The second kappa shape index (κ2) is 15.3. The van der Waals surface area contributed by atoms with Crippen LogP contribution in [0.1, 0.15) is 47.8 Å². The summed E-state index contributed by atoms with van der Waals surface area (Å²) in [5, 5.41) is 17.3. The van der Waals surface area contributed by atoms with Gasteiger partial charge in [-0.25, -0.2) is 13.1 Å². The van der Waals surface area contributed by atoms with Crippen molar-refractivity contribution in [3.05, 3.63) is 107 Å². The van der Waals surface area contributed by atoms with Crippen molar-refractivity contribution in [1.82, 2.24) is 15.4 Å². The van der Waals surface area contributed by atoms with Gasteiger partial charge in [0.15, 0.2) is 0 Å². The zero-order valence-electron chi connectivity index (χ0n) is 24.5. The van der Waals surface area contributed by atoms with Gasteiger partial charge in [-0.05, 0) is 49.9 Å². The molecule has 3 atom stereocenters. The first kappa shape index (κ1) is 33.3. The zero-order valence-corrected chi connectivity index (χ0v) is 26.2. The summed E-state index contributed by atoms with van der Waals surface area (Å²) in [6.07, 6.45) is 0.379. The minimum Gasteiger partial charge on any atom is -0.391 e. The molecule has 0 saturated carbocycles. The van der Waals surface area contributed by atoms with E-state index in [1.54, 1.807) is 24.3 Å². The Labute approximate surface area is 253 Å². The van der Waals surface area contributed by atoms with Crippen LogP contribution >= 0.6 is 11.8 Å². The molecule has 42 heavy (non-hydrogen) atoms. The second-order valence-electron chi connectivity index (χ2n) is 11.4. The molecule has 0 aromatic heterocycles. The van der Waals surface area contributed by atoms with Crippen molar-refractivity contribution in [1.29, 1.82) is 0 Å². The highest BCUT2D eigenvalue weighted by atomic mass is 32.2. The van der Waals surface area contributed by atoms with Crippen molar-refractivity contribution in [2.45, 2.75) is 63.1 Å². The largest absolute Gasteiger partial charge is 0.391 e. The van der Waals surface area contributed by atoms with Gasteiger partial charge in [-0.1, -0.05) is 78.9 Å². The molecule has 0 bridgehead atoms. The SMILES string of the molecule is CC(C)(C)NC(=O)c1ccccc1C[C@@H](O)[C@H](Cc1ccccc1)NC(=O)[C@H](CSCc1ccccc1)NS(C)(=O)=O. The van der Waals surface area contributed by atoms with Crippen molar-refractivity contribution in [3.8, 4) is 0 Å². The lowest BCUT2D eigenvalue weighted by molar-refractivity contribution is -0.123. The van der Waals surface area contributed by atoms with E-state index in [1.807, 2.05) is 81.4 Å². The number of carbonyl (C=O) groups excluding carboxylic acids is 2. The highest BCUT2D eigenvalue weighted by molar-refractivity contribution is 7.98. The van der Waals surface area contributed by atoms with Gasteiger partial charge >= 0.3 is 0 Å². The minimum absolute atomic E-state index is 0.110. The molecule has 0 heterocycles. The number of nitrogens with one attached hydrogen (secondary N) is 3. The molecule has 3 aromatic rings. The highest BCUT2D eigenvalue weighted by Gasteiger charge is 2.29. The third kappa shape index (κ3) is 11.6. The van der Waals surface area contributed by atoms with Gasteiger partial charge in [0.05, 0.1) is 18.4 Å². The average molecular weight is 612 g/mol. The molecular weight excluding hydrogens is 571 g/mol. The Morgan fingerprint density at radius 1 is 0.857 bits per heavy atom. The van der Waals surface area contributed by atoms with E-state index in [4.69, 9.17) is 0 Å². The van der Waals surface area contributed by atoms with Crippen LogP contribution < -0.4 is 15.4 Å². The van der Waals surface area contributed by atoms with E-state index >= 15 is 0 Å². The fraction of sp³-hybridized carbons (Fsp3) is 0.375. The summed E-state index contributed by atoms with van der Waals surface area (Å²) < 4.78 is 26.7. The molecule has 0 aliphatic rings. The fourth-order valence-electron chi connectivity index (χ4n) is 4.42. The van der Waals surface area contributed by atoms with Gasteiger partial charge in [0.1, 0.15) is 6.04 Å². The van der Waals surface area contributed by atoms with E-state index in [0.29, 0.717) is 23.3 Å². The third-order valence-electron chi connectivity index (χ3n) is 6.34. The van der Waals surface area contributed by atoms with Crippen molar-refractivity contribution >= 4 is 33.6 Å². The molecule has 2 amide bonds. The first-order valence-electron chi connectivity index (χ1n) is 13.8. The summed E-state index contributed by atoms with van der Waals surface area (Å²) in [5.74, 6) is 0.0404. The zero-order chi connectivity index (χ0) is 30.8. The maximum Gasteiger partial charge on any atom is 0.251 e. The molecule has 4 N–H and O–H groups in total. The fourth-order valence-corrected chi connectivity index (χ4v) is 6.25. The van der Waals surface area contributed by atoms with Crippen molar-refractivity contribution in [3.63, 3.8) is 0 Å². The van der Waals surface area contributed by atoms with Crippen LogP contribution in [0.5, 0.6) is 0 Å². The molecule has 10 heteroatoms. The molecule has 0 unspecified atom stereocenters. The Hall–Kier alpha value is -3.18. The minimum atomic E-state index is -3.69. The summed E-state index contributed by atoms with van der Waals surface area (Å²) in [7, 11) is -3.69. The number of hydrogen-bond donors (Lipinski definition) is 4. The van der Waals surface area contributed by atoms with E-state index < -0.39 is 39.7 Å². The number of sulfonamides is 1. The molecule has 0 saturated heterocycles. The maximum absolute atomic E-state index is 13.5. The lowest BCUT2D eigenvalue weighted by atomic mass is 9.93. The topological polar surface area (TPSA) is 125 Å². The van der Waals surface area contributed by atoms with Crippen LogP contribution in [0.4, 0.5) is 0 Å². The molecule has 0 aliphatic carbocycles. The van der Waals surface area contributed by atoms with Crippen LogP contribution in [0.15, 0.2) is 84.9 Å². The maximum atomic E-state index is 13.5. The van der Waals surface area contributed by atoms with Crippen LogP contribution in [-0.2, 0) is 33.4 Å². The Morgan fingerprint density at radius 2 is 1.43 bits per heavy atom. The van der Waals surface area contributed by atoms with Gasteiger partial charge in [0.2, 0.25) is 15.9 Å². The van der Waals surface area contributed by atoms with Crippen LogP contribution in [0, 0.1) is 0 Å². The lowest BCUT2D eigenvalue weighted by Crippen LogP contribution is -2.54.